The van der Waals surface area contributed by atoms with Crippen LogP contribution in [0.2, 0.25) is 0 Å². The molecule has 0 fully saturated rings. The van der Waals surface area contributed by atoms with Crippen LogP contribution in [0, 0.1) is 13.8 Å². The number of carbonyl (C=O) groups is 1. The van der Waals surface area contributed by atoms with Crippen molar-refractivity contribution in [3.8, 4) is 0 Å². The van der Waals surface area contributed by atoms with Gasteiger partial charge in [-0.3, -0.25) is 9.59 Å². The molecule has 114 valence electrons. The van der Waals surface area contributed by atoms with Crippen LogP contribution in [-0.2, 0) is 11.3 Å². The van der Waals surface area contributed by atoms with E-state index in [4.69, 9.17) is 4.52 Å². The summed E-state index contributed by atoms with van der Waals surface area (Å²) in [4.78, 5) is 23.8. The maximum absolute atomic E-state index is 12.2. The Hall–Kier alpha value is -2.18. The molecule has 0 saturated heterocycles. The molecule has 1 amide bonds. The summed E-state index contributed by atoms with van der Waals surface area (Å²) in [6.07, 6.45) is 0.911. The molecule has 0 aromatic carbocycles. The van der Waals surface area contributed by atoms with Crippen molar-refractivity contribution >= 4 is 16.8 Å². The van der Waals surface area contributed by atoms with Gasteiger partial charge < -0.3 is 9.84 Å². The zero-order valence-corrected chi connectivity index (χ0v) is 12.8. The van der Waals surface area contributed by atoms with Crippen LogP contribution in [0.15, 0.2) is 9.32 Å². The Morgan fingerprint density at radius 2 is 2.10 bits per heavy atom. The quantitative estimate of drug-likeness (QED) is 0.897. The van der Waals surface area contributed by atoms with Crippen molar-refractivity contribution in [1.82, 2.24) is 20.3 Å². The van der Waals surface area contributed by atoms with Crippen LogP contribution in [0.5, 0.6) is 0 Å². The normalized spacial score (nSPS) is 11.3. The van der Waals surface area contributed by atoms with E-state index in [0.29, 0.717) is 41.7 Å². The molecule has 0 radical (unpaired) electrons. The van der Waals surface area contributed by atoms with E-state index >= 15 is 0 Å². The predicted octanol–water partition coefficient (Wildman–Crippen LogP) is 1.31. The van der Waals surface area contributed by atoms with Crippen molar-refractivity contribution in [3.05, 3.63) is 21.8 Å². The van der Waals surface area contributed by atoms with Gasteiger partial charge in [0.25, 0.3) is 5.56 Å². The molecule has 1 N–H and O–H groups in total. The summed E-state index contributed by atoms with van der Waals surface area (Å²) >= 11 is 0. The van der Waals surface area contributed by atoms with Gasteiger partial charge in [0, 0.05) is 19.0 Å². The van der Waals surface area contributed by atoms with Crippen molar-refractivity contribution in [2.45, 2.75) is 53.1 Å². The molecule has 2 heterocycles. The molecule has 21 heavy (non-hydrogen) atoms. The summed E-state index contributed by atoms with van der Waals surface area (Å²) < 4.78 is 6.40. The van der Waals surface area contributed by atoms with Crippen LogP contribution in [0.25, 0.3) is 10.9 Å². The summed E-state index contributed by atoms with van der Waals surface area (Å²) in [5.41, 5.74) is 0.721. The topological polar surface area (TPSA) is 90.0 Å². The minimum atomic E-state index is -0.281. The number of nitrogens with zero attached hydrogens (tertiary/aromatic N) is 3. The van der Waals surface area contributed by atoms with Gasteiger partial charge in [0.15, 0.2) is 5.52 Å². The van der Waals surface area contributed by atoms with Crippen LogP contribution >= 0.6 is 0 Å². The molecule has 2 aromatic rings. The van der Waals surface area contributed by atoms with Gasteiger partial charge >= 0.3 is 0 Å². The molecule has 0 aliphatic rings. The number of fused-ring (bicyclic) bond motifs is 1. The van der Waals surface area contributed by atoms with Gasteiger partial charge in [0.05, 0.1) is 11.1 Å². The number of carbonyl (C=O) groups excluding carboxylic acids is 1. The van der Waals surface area contributed by atoms with Crippen LogP contribution < -0.4 is 10.9 Å². The van der Waals surface area contributed by atoms with E-state index in [1.807, 2.05) is 20.8 Å². The number of rotatable bonds is 5. The molecule has 7 heteroatoms. The van der Waals surface area contributed by atoms with Crippen molar-refractivity contribution in [2.24, 2.45) is 0 Å². The van der Waals surface area contributed by atoms with Gasteiger partial charge in [-0.25, -0.2) is 4.68 Å². The molecule has 0 unspecified atom stereocenters. The second kappa shape index (κ2) is 6.07. The molecule has 0 aliphatic heterocycles. The fourth-order valence-electron chi connectivity index (χ4n) is 2.28. The molecule has 2 aromatic heterocycles. The van der Waals surface area contributed by atoms with E-state index in [1.165, 1.54) is 4.68 Å². The van der Waals surface area contributed by atoms with E-state index in [0.717, 1.165) is 0 Å². The van der Waals surface area contributed by atoms with Crippen LogP contribution in [0.4, 0.5) is 0 Å². The molecule has 0 saturated carbocycles. The SMILES string of the molecule is Cc1nn(CCCC(=O)NC(C)C)c(=O)c2noc(C)c12. The highest BCUT2D eigenvalue weighted by Crippen LogP contribution is 2.16. The molecular formula is C14H20N4O3. The number of aryl methyl sites for hydroxylation is 3. The number of aromatic nitrogens is 3. The summed E-state index contributed by atoms with van der Waals surface area (Å²) in [7, 11) is 0. The number of hydrogen-bond acceptors (Lipinski definition) is 5. The minimum Gasteiger partial charge on any atom is -0.360 e. The van der Waals surface area contributed by atoms with Gasteiger partial charge in [-0.2, -0.15) is 5.10 Å². The lowest BCUT2D eigenvalue weighted by molar-refractivity contribution is -0.121. The Morgan fingerprint density at radius 1 is 1.38 bits per heavy atom. The standard InChI is InChI=1S/C14H20N4O3/c1-8(2)15-11(19)6-5-7-18-14(20)13-12(9(3)16-18)10(4)21-17-13/h8H,5-7H2,1-4H3,(H,15,19). The lowest BCUT2D eigenvalue weighted by Crippen LogP contribution is -2.30. The lowest BCUT2D eigenvalue weighted by Gasteiger charge is -2.09. The van der Waals surface area contributed by atoms with E-state index < -0.39 is 0 Å². The second-order valence-corrected chi connectivity index (χ2v) is 5.40. The van der Waals surface area contributed by atoms with E-state index in [-0.39, 0.29) is 17.5 Å². The lowest BCUT2D eigenvalue weighted by atomic mass is 10.2. The van der Waals surface area contributed by atoms with Gasteiger partial charge in [0.1, 0.15) is 5.76 Å². The Balaban J connectivity index is 2.11. The number of amides is 1. The maximum Gasteiger partial charge on any atom is 0.296 e. The van der Waals surface area contributed by atoms with E-state index in [2.05, 4.69) is 15.6 Å². The van der Waals surface area contributed by atoms with Gasteiger partial charge in [0.2, 0.25) is 5.91 Å². The smallest absolute Gasteiger partial charge is 0.296 e. The molecule has 0 spiro atoms. The monoisotopic (exact) mass is 292 g/mol. The first kappa shape index (κ1) is 15.2. The van der Waals surface area contributed by atoms with Crippen LogP contribution in [0.1, 0.15) is 38.1 Å². The molecule has 0 bridgehead atoms. The molecule has 7 nitrogen and oxygen atoms in total. The fourth-order valence-corrected chi connectivity index (χ4v) is 2.28. The highest BCUT2D eigenvalue weighted by molar-refractivity contribution is 5.81. The average Bonchev–Trinajstić information content (AvgIpc) is 2.77. The Bertz CT molecular complexity index is 715. The van der Waals surface area contributed by atoms with Crippen molar-refractivity contribution in [3.63, 3.8) is 0 Å². The summed E-state index contributed by atoms with van der Waals surface area (Å²) in [6, 6.07) is 0.120. The van der Waals surface area contributed by atoms with E-state index in [1.54, 1.807) is 6.92 Å². The summed E-state index contributed by atoms with van der Waals surface area (Å²) in [5.74, 6) is 0.573. The summed E-state index contributed by atoms with van der Waals surface area (Å²) in [6.45, 7) is 7.77. The average molecular weight is 292 g/mol. The second-order valence-electron chi connectivity index (χ2n) is 5.40. The number of nitrogens with one attached hydrogen (secondary N) is 1. The van der Waals surface area contributed by atoms with Gasteiger partial charge in [-0.05, 0) is 34.1 Å². The van der Waals surface area contributed by atoms with Crippen LogP contribution in [0.3, 0.4) is 0 Å². The highest BCUT2D eigenvalue weighted by Gasteiger charge is 2.15. The zero-order chi connectivity index (χ0) is 15.6. The van der Waals surface area contributed by atoms with Crippen molar-refractivity contribution in [2.75, 3.05) is 0 Å². The Labute approximate surface area is 122 Å². The van der Waals surface area contributed by atoms with Crippen molar-refractivity contribution in [1.29, 1.82) is 0 Å². The third-order valence-corrected chi connectivity index (χ3v) is 3.16. The van der Waals surface area contributed by atoms with Gasteiger partial charge in [-0.15, -0.1) is 0 Å². The largest absolute Gasteiger partial charge is 0.360 e. The van der Waals surface area contributed by atoms with Crippen LogP contribution in [-0.4, -0.2) is 26.9 Å². The van der Waals surface area contributed by atoms with Crippen molar-refractivity contribution < 1.29 is 9.32 Å². The Kier molecular flexibility index (Phi) is 4.40. The third-order valence-electron chi connectivity index (χ3n) is 3.16. The molecule has 0 atom stereocenters. The highest BCUT2D eigenvalue weighted by atomic mass is 16.5. The van der Waals surface area contributed by atoms with Gasteiger partial charge in [-0.1, -0.05) is 5.16 Å². The minimum absolute atomic E-state index is 0.0203. The predicted molar refractivity (Wildman–Crippen MR) is 78.1 cm³/mol. The fraction of sp³-hybridized carbons (Fsp3) is 0.571. The molecular weight excluding hydrogens is 272 g/mol. The summed E-state index contributed by atoms with van der Waals surface area (Å²) in [5, 5.41) is 11.5. The molecule has 2 rings (SSSR count). The first-order valence-electron chi connectivity index (χ1n) is 7.03. The Morgan fingerprint density at radius 3 is 2.76 bits per heavy atom. The first-order chi connectivity index (χ1) is 9.90. The maximum atomic E-state index is 12.2. The van der Waals surface area contributed by atoms with E-state index in [9.17, 15) is 9.59 Å². The molecule has 0 aliphatic carbocycles. The number of hydrogen-bond donors (Lipinski definition) is 1. The third kappa shape index (κ3) is 3.29. The first-order valence-corrected chi connectivity index (χ1v) is 7.03. The zero-order valence-electron chi connectivity index (χ0n) is 12.8.